The van der Waals surface area contributed by atoms with Crippen LogP contribution in [0, 0.1) is 11.6 Å². The average molecular weight is 256 g/mol. The molecule has 1 saturated carbocycles. The van der Waals surface area contributed by atoms with Crippen molar-refractivity contribution in [1.82, 2.24) is 10.6 Å². The smallest absolute Gasteiger partial charge is 0.166 e. The van der Waals surface area contributed by atoms with Gasteiger partial charge in [-0.15, -0.1) is 0 Å². The predicted octanol–water partition coefficient (Wildman–Crippen LogP) is 2.13. The molecule has 0 amide bonds. The van der Waals surface area contributed by atoms with Crippen LogP contribution >= 0.6 is 12.2 Å². The number of hydrogen-bond donors (Lipinski definition) is 2. The molecule has 2 nitrogen and oxygen atoms in total. The molecule has 92 valence electrons. The first-order valence-electron chi connectivity index (χ1n) is 5.63. The minimum Gasteiger partial charge on any atom is -0.362 e. The van der Waals surface area contributed by atoms with Gasteiger partial charge in [0.2, 0.25) is 0 Å². The molecular formula is C12H14F2N2S. The molecule has 0 radical (unpaired) electrons. The molecule has 0 heterocycles. The van der Waals surface area contributed by atoms with Gasteiger partial charge in [-0.3, -0.25) is 0 Å². The van der Waals surface area contributed by atoms with E-state index in [-0.39, 0.29) is 0 Å². The Morgan fingerprint density at radius 2 is 1.88 bits per heavy atom. The number of nitrogens with one attached hydrogen (secondary N) is 2. The van der Waals surface area contributed by atoms with Crippen molar-refractivity contribution in [3.8, 4) is 0 Å². The molecule has 0 atom stereocenters. The van der Waals surface area contributed by atoms with Gasteiger partial charge in [-0.05, 0) is 49.2 Å². The van der Waals surface area contributed by atoms with Crippen LogP contribution in [0.15, 0.2) is 18.2 Å². The van der Waals surface area contributed by atoms with E-state index >= 15 is 0 Å². The number of benzene rings is 1. The highest BCUT2D eigenvalue weighted by Crippen LogP contribution is 2.18. The first-order chi connectivity index (χ1) is 8.13. The van der Waals surface area contributed by atoms with Crippen LogP contribution in [0.25, 0.3) is 0 Å². The van der Waals surface area contributed by atoms with Gasteiger partial charge in [0.05, 0.1) is 0 Å². The van der Waals surface area contributed by atoms with Crippen LogP contribution in [0.2, 0.25) is 0 Å². The zero-order chi connectivity index (χ0) is 12.3. The van der Waals surface area contributed by atoms with Gasteiger partial charge in [0, 0.05) is 18.7 Å². The number of halogens is 2. The first-order valence-corrected chi connectivity index (χ1v) is 6.03. The third kappa shape index (κ3) is 4.26. The lowest BCUT2D eigenvalue weighted by molar-refractivity contribution is 0.579. The summed E-state index contributed by atoms with van der Waals surface area (Å²) in [4.78, 5) is 0. The molecule has 0 spiro atoms. The Bertz CT molecular complexity index is 399. The van der Waals surface area contributed by atoms with Gasteiger partial charge in [-0.1, -0.05) is 0 Å². The van der Waals surface area contributed by atoms with Gasteiger partial charge < -0.3 is 10.6 Å². The molecule has 17 heavy (non-hydrogen) atoms. The van der Waals surface area contributed by atoms with E-state index in [9.17, 15) is 8.78 Å². The summed E-state index contributed by atoms with van der Waals surface area (Å²) in [7, 11) is 0. The van der Waals surface area contributed by atoms with Crippen molar-refractivity contribution < 1.29 is 8.78 Å². The van der Waals surface area contributed by atoms with E-state index in [4.69, 9.17) is 12.2 Å². The largest absolute Gasteiger partial charge is 0.362 e. The lowest BCUT2D eigenvalue weighted by atomic mass is 10.1. The van der Waals surface area contributed by atoms with Gasteiger partial charge >= 0.3 is 0 Å². The molecule has 1 aliphatic carbocycles. The van der Waals surface area contributed by atoms with Crippen molar-refractivity contribution in [2.75, 3.05) is 6.54 Å². The van der Waals surface area contributed by atoms with E-state index in [0.717, 1.165) is 18.9 Å². The van der Waals surface area contributed by atoms with Crippen molar-refractivity contribution in [3.63, 3.8) is 0 Å². The standard InChI is InChI=1S/C12H14F2N2S/c13-9-5-8(6-10(14)7-9)3-4-15-12(17)16-11-1-2-11/h5-7,11H,1-4H2,(H2,15,16,17). The normalized spacial score (nSPS) is 14.5. The molecule has 0 aliphatic heterocycles. The summed E-state index contributed by atoms with van der Waals surface area (Å²) in [6, 6.07) is 4.06. The Kier molecular flexibility index (Phi) is 3.89. The summed E-state index contributed by atoms with van der Waals surface area (Å²) < 4.78 is 25.8. The molecule has 2 rings (SSSR count). The van der Waals surface area contributed by atoms with Crippen LogP contribution in [0.5, 0.6) is 0 Å². The molecular weight excluding hydrogens is 242 g/mol. The van der Waals surface area contributed by atoms with Crippen molar-refractivity contribution in [2.24, 2.45) is 0 Å². The average Bonchev–Trinajstić information content (AvgIpc) is 3.00. The number of thiocarbonyl (C=S) groups is 1. The monoisotopic (exact) mass is 256 g/mol. The summed E-state index contributed by atoms with van der Waals surface area (Å²) in [5.41, 5.74) is 0.629. The van der Waals surface area contributed by atoms with Crippen LogP contribution in [0.3, 0.4) is 0 Å². The Morgan fingerprint density at radius 3 is 2.47 bits per heavy atom. The van der Waals surface area contributed by atoms with Gasteiger partial charge in [0.1, 0.15) is 11.6 Å². The first kappa shape index (κ1) is 12.2. The van der Waals surface area contributed by atoms with E-state index in [1.807, 2.05) is 0 Å². The summed E-state index contributed by atoms with van der Waals surface area (Å²) in [6.07, 6.45) is 2.87. The van der Waals surface area contributed by atoms with Crippen LogP contribution < -0.4 is 10.6 Å². The molecule has 0 aromatic heterocycles. The Labute approximate surface area is 104 Å². The van der Waals surface area contributed by atoms with Gasteiger partial charge in [0.15, 0.2) is 5.11 Å². The zero-order valence-corrected chi connectivity index (χ0v) is 10.1. The maximum Gasteiger partial charge on any atom is 0.166 e. The summed E-state index contributed by atoms with van der Waals surface area (Å²) >= 11 is 5.07. The highest BCUT2D eigenvalue weighted by Gasteiger charge is 2.21. The summed E-state index contributed by atoms with van der Waals surface area (Å²) in [5, 5.41) is 6.77. The van der Waals surface area contributed by atoms with E-state index in [2.05, 4.69) is 10.6 Å². The minimum atomic E-state index is -0.543. The minimum absolute atomic E-state index is 0.515. The van der Waals surface area contributed by atoms with Gasteiger partial charge in [-0.25, -0.2) is 8.78 Å². The lowest BCUT2D eigenvalue weighted by Gasteiger charge is -2.09. The topological polar surface area (TPSA) is 24.1 Å². The fourth-order valence-electron chi connectivity index (χ4n) is 1.54. The van der Waals surface area contributed by atoms with Crippen LogP contribution in [-0.4, -0.2) is 17.7 Å². The second-order valence-electron chi connectivity index (χ2n) is 4.20. The molecule has 0 unspecified atom stereocenters. The van der Waals surface area contributed by atoms with Crippen molar-refractivity contribution in [2.45, 2.75) is 25.3 Å². The highest BCUT2D eigenvalue weighted by atomic mass is 32.1. The second kappa shape index (κ2) is 5.40. The third-order valence-corrected chi connectivity index (χ3v) is 2.80. The SMILES string of the molecule is Fc1cc(F)cc(CCNC(=S)NC2CC2)c1. The molecule has 5 heteroatoms. The maximum absolute atomic E-state index is 12.9. The number of hydrogen-bond acceptors (Lipinski definition) is 1. The van der Waals surface area contributed by atoms with E-state index in [1.165, 1.54) is 12.1 Å². The lowest BCUT2D eigenvalue weighted by Crippen LogP contribution is -2.37. The highest BCUT2D eigenvalue weighted by molar-refractivity contribution is 7.80. The fourth-order valence-corrected chi connectivity index (χ4v) is 1.81. The summed E-state index contributed by atoms with van der Waals surface area (Å²) in [5.74, 6) is -1.09. The van der Waals surface area contributed by atoms with E-state index in [0.29, 0.717) is 29.7 Å². The molecule has 0 bridgehead atoms. The molecule has 1 aliphatic rings. The molecule has 1 fully saturated rings. The van der Waals surface area contributed by atoms with Gasteiger partial charge in [-0.2, -0.15) is 0 Å². The van der Waals surface area contributed by atoms with Crippen molar-refractivity contribution >= 4 is 17.3 Å². The molecule has 1 aromatic rings. The Balaban J connectivity index is 1.74. The predicted molar refractivity (Wildman–Crippen MR) is 66.8 cm³/mol. The number of rotatable bonds is 4. The maximum atomic E-state index is 12.9. The van der Waals surface area contributed by atoms with E-state index < -0.39 is 11.6 Å². The molecule has 1 aromatic carbocycles. The summed E-state index contributed by atoms with van der Waals surface area (Å²) in [6.45, 7) is 0.571. The fraction of sp³-hybridized carbons (Fsp3) is 0.417. The van der Waals surface area contributed by atoms with Crippen LogP contribution in [0.4, 0.5) is 8.78 Å². The molecule has 0 saturated heterocycles. The van der Waals surface area contributed by atoms with Crippen molar-refractivity contribution in [3.05, 3.63) is 35.4 Å². The Morgan fingerprint density at radius 1 is 1.24 bits per heavy atom. The van der Waals surface area contributed by atoms with Crippen LogP contribution in [0.1, 0.15) is 18.4 Å². The zero-order valence-electron chi connectivity index (χ0n) is 9.30. The Hall–Kier alpha value is -1.23. The molecule has 2 N–H and O–H groups in total. The van der Waals surface area contributed by atoms with Crippen molar-refractivity contribution in [1.29, 1.82) is 0 Å². The second-order valence-corrected chi connectivity index (χ2v) is 4.61. The van der Waals surface area contributed by atoms with Gasteiger partial charge in [0.25, 0.3) is 0 Å². The van der Waals surface area contributed by atoms with E-state index in [1.54, 1.807) is 0 Å². The quantitative estimate of drug-likeness (QED) is 0.807. The van der Waals surface area contributed by atoms with Crippen LogP contribution in [-0.2, 0) is 6.42 Å². The third-order valence-electron chi connectivity index (χ3n) is 2.53.